The Morgan fingerprint density at radius 3 is 2.62 bits per heavy atom. The fourth-order valence-corrected chi connectivity index (χ4v) is 2.83. The van der Waals surface area contributed by atoms with Gasteiger partial charge in [-0.3, -0.25) is 0 Å². The van der Waals surface area contributed by atoms with Gasteiger partial charge in [0.2, 0.25) is 10.0 Å². The molecule has 0 spiro atoms. The van der Waals surface area contributed by atoms with E-state index in [1.54, 1.807) is 12.1 Å². The normalized spacial score (nSPS) is 11.4. The fraction of sp³-hybridized carbons (Fsp3) is 0.200. The molecule has 24 heavy (non-hydrogen) atoms. The molecule has 0 aliphatic heterocycles. The zero-order chi connectivity index (χ0) is 17.9. The van der Waals surface area contributed by atoms with E-state index in [2.05, 4.69) is 15.0 Å². The quantitative estimate of drug-likeness (QED) is 0.827. The fourth-order valence-electron chi connectivity index (χ4n) is 1.89. The molecule has 0 saturated carbocycles. The molecule has 0 aliphatic rings. The molecule has 0 radical (unpaired) electrons. The van der Waals surface area contributed by atoms with E-state index in [9.17, 15) is 17.6 Å². The molecule has 1 heterocycles. The van der Waals surface area contributed by atoms with Crippen molar-refractivity contribution in [2.45, 2.75) is 4.90 Å². The lowest BCUT2D eigenvalue weighted by atomic mass is 10.2. The summed E-state index contributed by atoms with van der Waals surface area (Å²) < 4.78 is 43.3. The predicted octanol–water partition coefficient (Wildman–Crippen LogP) is 2.00. The summed E-state index contributed by atoms with van der Waals surface area (Å²) in [5, 5.41) is 2.80. The van der Waals surface area contributed by atoms with Gasteiger partial charge in [0, 0.05) is 19.8 Å². The maximum Gasteiger partial charge on any atom is 0.341 e. The molecule has 128 valence electrons. The van der Waals surface area contributed by atoms with Crippen LogP contribution in [-0.2, 0) is 14.8 Å². The Hall–Kier alpha value is -2.52. The number of benzene rings is 1. The van der Waals surface area contributed by atoms with Crippen molar-refractivity contribution < 1.29 is 22.3 Å². The van der Waals surface area contributed by atoms with Gasteiger partial charge in [-0.1, -0.05) is 6.07 Å². The number of halogens is 1. The first-order valence-electron chi connectivity index (χ1n) is 6.79. The Morgan fingerprint density at radius 2 is 2.00 bits per heavy atom. The van der Waals surface area contributed by atoms with Gasteiger partial charge in [-0.2, -0.15) is 0 Å². The Bertz CT molecular complexity index is 869. The second-order valence-corrected chi connectivity index (χ2v) is 7.13. The molecule has 0 fully saturated rings. The molecule has 7 nitrogen and oxygen atoms in total. The molecule has 1 N–H and O–H groups in total. The van der Waals surface area contributed by atoms with E-state index in [0.717, 1.165) is 16.6 Å². The highest BCUT2D eigenvalue weighted by molar-refractivity contribution is 7.89. The third-order valence-corrected chi connectivity index (χ3v) is 4.95. The highest BCUT2D eigenvalue weighted by Gasteiger charge is 2.19. The Labute approximate surface area is 139 Å². The predicted molar refractivity (Wildman–Crippen MR) is 86.1 cm³/mol. The summed E-state index contributed by atoms with van der Waals surface area (Å²) in [5.74, 6) is -1.39. The first kappa shape index (κ1) is 17.8. The average molecular weight is 353 g/mol. The lowest BCUT2D eigenvalue weighted by molar-refractivity contribution is 0.0601. The number of nitrogens with zero attached hydrogens (tertiary/aromatic N) is 2. The van der Waals surface area contributed by atoms with Gasteiger partial charge in [0.15, 0.2) is 0 Å². The van der Waals surface area contributed by atoms with Gasteiger partial charge in [0.25, 0.3) is 0 Å². The van der Waals surface area contributed by atoms with E-state index >= 15 is 0 Å². The first-order chi connectivity index (χ1) is 11.3. The van der Waals surface area contributed by atoms with E-state index in [-0.39, 0.29) is 16.3 Å². The summed E-state index contributed by atoms with van der Waals surface area (Å²) in [4.78, 5) is 15.6. The number of pyridine rings is 1. The molecule has 1 aromatic carbocycles. The maximum atomic E-state index is 13.3. The SMILES string of the molecule is COC(=O)c1cc(F)cnc1Nc1cccc(S(=O)(=O)N(C)C)c1. The van der Waals surface area contributed by atoms with Gasteiger partial charge in [0.1, 0.15) is 17.2 Å². The van der Waals surface area contributed by atoms with Crippen molar-refractivity contribution in [1.82, 2.24) is 9.29 Å². The minimum absolute atomic E-state index is 0.0580. The van der Waals surface area contributed by atoms with Crippen LogP contribution in [0.3, 0.4) is 0 Å². The largest absolute Gasteiger partial charge is 0.465 e. The summed E-state index contributed by atoms with van der Waals surface area (Å²) in [6.07, 6.45) is 0.940. The second-order valence-electron chi connectivity index (χ2n) is 4.98. The van der Waals surface area contributed by atoms with Crippen molar-refractivity contribution in [2.75, 3.05) is 26.5 Å². The molecule has 0 saturated heterocycles. The van der Waals surface area contributed by atoms with Gasteiger partial charge in [0.05, 0.1) is 18.2 Å². The Morgan fingerprint density at radius 1 is 1.29 bits per heavy atom. The zero-order valence-electron chi connectivity index (χ0n) is 13.3. The number of sulfonamides is 1. The number of ether oxygens (including phenoxy) is 1. The highest BCUT2D eigenvalue weighted by atomic mass is 32.2. The van der Waals surface area contributed by atoms with Crippen LogP contribution in [0.15, 0.2) is 41.4 Å². The van der Waals surface area contributed by atoms with Crippen molar-refractivity contribution >= 4 is 27.5 Å². The van der Waals surface area contributed by atoms with Gasteiger partial charge in [-0.05, 0) is 24.3 Å². The van der Waals surface area contributed by atoms with Gasteiger partial charge >= 0.3 is 5.97 Å². The molecule has 9 heteroatoms. The molecule has 1 aromatic heterocycles. The monoisotopic (exact) mass is 353 g/mol. The van der Waals surface area contributed by atoms with Crippen LogP contribution in [0.2, 0.25) is 0 Å². The van der Waals surface area contributed by atoms with Gasteiger partial charge in [-0.15, -0.1) is 0 Å². The summed E-state index contributed by atoms with van der Waals surface area (Å²) in [6, 6.07) is 6.96. The lowest BCUT2D eigenvalue weighted by Gasteiger charge is -2.14. The van der Waals surface area contributed by atoms with Crippen LogP contribution in [0.5, 0.6) is 0 Å². The van der Waals surface area contributed by atoms with Crippen molar-refractivity contribution in [3.8, 4) is 0 Å². The number of methoxy groups -OCH3 is 1. The van der Waals surface area contributed by atoms with Crippen LogP contribution >= 0.6 is 0 Å². The van der Waals surface area contributed by atoms with E-state index in [0.29, 0.717) is 5.69 Å². The molecule has 0 unspecified atom stereocenters. The van der Waals surface area contributed by atoms with E-state index in [4.69, 9.17) is 0 Å². The smallest absolute Gasteiger partial charge is 0.341 e. The third kappa shape index (κ3) is 3.69. The maximum absolute atomic E-state index is 13.3. The summed E-state index contributed by atoms with van der Waals surface area (Å²) in [5.41, 5.74) is 0.278. The van der Waals surface area contributed by atoms with Crippen LogP contribution in [0, 0.1) is 5.82 Å². The number of esters is 1. The number of anilines is 2. The lowest BCUT2D eigenvalue weighted by Crippen LogP contribution is -2.22. The number of aromatic nitrogens is 1. The Balaban J connectivity index is 2.42. The third-order valence-electron chi connectivity index (χ3n) is 3.13. The molecular weight excluding hydrogens is 337 g/mol. The zero-order valence-corrected chi connectivity index (χ0v) is 14.1. The Kier molecular flexibility index (Phi) is 5.15. The van der Waals surface area contributed by atoms with Crippen molar-refractivity contribution in [1.29, 1.82) is 0 Å². The number of hydrogen-bond acceptors (Lipinski definition) is 6. The van der Waals surface area contributed by atoms with Crippen LogP contribution in [0.4, 0.5) is 15.9 Å². The molecule has 2 aromatic rings. The molecule has 0 atom stereocenters. The number of hydrogen-bond donors (Lipinski definition) is 1. The molecule has 0 aliphatic carbocycles. The number of nitrogens with one attached hydrogen (secondary N) is 1. The average Bonchev–Trinajstić information content (AvgIpc) is 2.55. The molecular formula is C15H16FN3O4S. The minimum atomic E-state index is -3.61. The highest BCUT2D eigenvalue weighted by Crippen LogP contribution is 2.23. The second kappa shape index (κ2) is 6.93. The van der Waals surface area contributed by atoms with E-state index < -0.39 is 21.8 Å². The molecule has 0 amide bonds. The van der Waals surface area contributed by atoms with Gasteiger partial charge < -0.3 is 10.1 Å². The molecule has 0 bridgehead atoms. The van der Waals surface area contributed by atoms with Crippen molar-refractivity contribution in [3.63, 3.8) is 0 Å². The minimum Gasteiger partial charge on any atom is -0.465 e. The number of carbonyl (C=O) groups is 1. The summed E-state index contributed by atoms with van der Waals surface area (Å²) >= 11 is 0. The van der Waals surface area contributed by atoms with Crippen molar-refractivity contribution in [2.24, 2.45) is 0 Å². The van der Waals surface area contributed by atoms with Crippen LogP contribution < -0.4 is 5.32 Å². The topological polar surface area (TPSA) is 88.6 Å². The number of rotatable bonds is 5. The number of carbonyl (C=O) groups excluding carboxylic acids is 1. The first-order valence-corrected chi connectivity index (χ1v) is 8.23. The van der Waals surface area contributed by atoms with E-state index in [1.165, 1.54) is 33.3 Å². The van der Waals surface area contributed by atoms with Crippen molar-refractivity contribution in [3.05, 3.63) is 47.9 Å². The van der Waals surface area contributed by atoms with E-state index in [1.807, 2.05) is 0 Å². The summed E-state index contributed by atoms with van der Waals surface area (Å²) in [6.45, 7) is 0. The van der Waals surface area contributed by atoms with Gasteiger partial charge in [-0.25, -0.2) is 26.9 Å². The van der Waals surface area contributed by atoms with Crippen LogP contribution in [0.25, 0.3) is 0 Å². The summed E-state index contributed by atoms with van der Waals surface area (Å²) in [7, 11) is 0.406. The molecule has 2 rings (SSSR count). The van der Waals surface area contributed by atoms with Crippen LogP contribution in [-0.4, -0.2) is 44.9 Å². The van der Waals surface area contributed by atoms with Crippen LogP contribution in [0.1, 0.15) is 10.4 Å². The standard InChI is InChI=1S/C15H16FN3O4S/c1-19(2)24(21,22)12-6-4-5-11(8-12)18-14-13(15(20)23-3)7-10(16)9-17-14/h4-9H,1-3H3,(H,17,18).